The van der Waals surface area contributed by atoms with Gasteiger partial charge in [0.25, 0.3) is 0 Å². The molecule has 4 N–H and O–H groups in total. The molecule has 4 heterocycles. The second-order valence-corrected chi connectivity index (χ2v) is 8.56. The zero-order valence-electron chi connectivity index (χ0n) is 18.1. The maximum atomic E-state index is 10.6. The van der Waals surface area contributed by atoms with Crippen LogP contribution in [0.2, 0.25) is 0 Å². The average molecular weight is 444 g/mol. The number of aliphatic hydroxyl groups excluding tert-OH is 2. The number of para-hydroxylation sites is 1. The molecule has 33 heavy (non-hydrogen) atoms. The minimum atomic E-state index is -1.03. The molecule has 6 rings (SSSR count). The van der Waals surface area contributed by atoms with Gasteiger partial charge in [0.1, 0.15) is 24.4 Å². The van der Waals surface area contributed by atoms with Gasteiger partial charge >= 0.3 is 0 Å². The van der Waals surface area contributed by atoms with E-state index in [2.05, 4.69) is 28.6 Å². The Balaban J connectivity index is 1.38. The molecule has 0 unspecified atom stereocenters. The van der Waals surface area contributed by atoms with Crippen molar-refractivity contribution in [3.8, 4) is 11.1 Å². The lowest BCUT2D eigenvalue weighted by Crippen LogP contribution is -2.31. The summed E-state index contributed by atoms with van der Waals surface area (Å²) >= 11 is 0. The Morgan fingerprint density at radius 1 is 1.06 bits per heavy atom. The van der Waals surface area contributed by atoms with Crippen LogP contribution in [0.15, 0.2) is 72.0 Å². The number of rotatable bonds is 4. The molecule has 168 valence electrons. The number of aromatic amines is 1. The molecule has 2 aliphatic rings. The van der Waals surface area contributed by atoms with Crippen molar-refractivity contribution in [3.05, 3.63) is 72.6 Å². The Bertz CT molecular complexity index is 1330. The van der Waals surface area contributed by atoms with Crippen molar-refractivity contribution in [2.75, 3.05) is 5.43 Å². The predicted molar refractivity (Wildman–Crippen MR) is 127 cm³/mol. The van der Waals surface area contributed by atoms with Gasteiger partial charge in [0.05, 0.1) is 18.3 Å². The molecule has 4 aromatic rings. The highest BCUT2D eigenvalue weighted by Gasteiger charge is 2.42. The van der Waals surface area contributed by atoms with Gasteiger partial charge in [-0.05, 0) is 18.6 Å². The number of aromatic nitrogens is 2. The van der Waals surface area contributed by atoms with Gasteiger partial charge in [0.15, 0.2) is 6.23 Å². The lowest BCUT2D eigenvalue weighted by atomic mass is 10.0. The number of benzene rings is 2. The Morgan fingerprint density at radius 3 is 2.64 bits per heavy atom. The lowest BCUT2D eigenvalue weighted by Gasteiger charge is -2.26. The molecule has 2 aromatic heterocycles. The molecule has 2 aromatic carbocycles. The first kappa shape index (κ1) is 20.0. The van der Waals surface area contributed by atoms with E-state index in [-0.39, 0.29) is 0 Å². The summed E-state index contributed by atoms with van der Waals surface area (Å²) in [6.45, 7) is 2.33. The van der Waals surface area contributed by atoms with Crippen molar-refractivity contribution < 1.29 is 14.9 Å². The van der Waals surface area contributed by atoms with Gasteiger partial charge in [-0.15, -0.1) is 0 Å². The fraction of sp³-hybridized carbons (Fsp3) is 0.240. The minimum absolute atomic E-state index is 0.462. The molecule has 1 saturated heterocycles. The number of hydrogen-bond acceptors (Lipinski definition) is 6. The van der Waals surface area contributed by atoms with Crippen LogP contribution in [0.1, 0.15) is 18.7 Å². The monoisotopic (exact) mass is 443 g/mol. The van der Waals surface area contributed by atoms with Crippen LogP contribution in [0.4, 0.5) is 11.5 Å². The summed E-state index contributed by atoms with van der Waals surface area (Å²) < 4.78 is 7.74. The summed E-state index contributed by atoms with van der Waals surface area (Å²) in [6.07, 6.45) is 2.52. The number of H-pyrrole nitrogens is 1. The largest absolute Gasteiger partial charge is 0.388 e. The smallest absolute Gasteiger partial charge is 0.164 e. The summed E-state index contributed by atoms with van der Waals surface area (Å²) in [5.41, 5.74) is 8.55. The summed E-state index contributed by atoms with van der Waals surface area (Å²) in [4.78, 5) is 8.01. The van der Waals surface area contributed by atoms with Crippen LogP contribution in [-0.4, -0.2) is 49.4 Å². The van der Waals surface area contributed by atoms with Crippen molar-refractivity contribution in [2.24, 2.45) is 4.99 Å². The van der Waals surface area contributed by atoms with E-state index in [1.54, 1.807) is 13.3 Å². The van der Waals surface area contributed by atoms with Crippen LogP contribution in [0.5, 0.6) is 0 Å². The van der Waals surface area contributed by atoms with E-state index in [4.69, 9.17) is 9.73 Å². The van der Waals surface area contributed by atoms with Gasteiger partial charge in [-0.2, -0.15) is 0 Å². The minimum Gasteiger partial charge on any atom is -0.388 e. The van der Waals surface area contributed by atoms with Gasteiger partial charge in [0.2, 0.25) is 0 Å². The van der Waals surface area contributed by atoms with Crippen LogP contribution >= 0.6 is 0 Å². The van der Waals surface area contributed by atoms with E-state index in [0.29, 0.717) is 6.54 Å². The lowest BCUT2D eigenvalue weighted by molar-refractivity contribution is -0.0308. The topological polar surface area (TPSA) is 98.0 Å². The molecule has 8 heteroatoms. The maximum absolute atomic E-state index is 10.6. The van der Waals surface area contributed by atoms with E-state index in [1.807, 2.05) is 58.4 Å². The van der Waals surface area contributed by atoms with E-state index in [1.165, 1.54) is 0 Å². The maximum Gasteiger partial charge on any atom is 0.164 e. The molecule has 1 fully saturated rings. The predicted octanol–water partition coefficient (Wildman–Crippen LogP) is 3.78. The number of nitrogens with zero attached hydrogens (tertiary/aromatic N) is 3. The van der Waals surface area contributed by atoms with Gasteiger partial charge in [-0.25, -0.2) is 4.99 Å². The van der Waals surface area contributed by atoms with Crippen LogP contribution in [0, 0.1) is 0 Å². The molecule has 8 nitrogen and oxygen atoms in total. The molecule has 2 aliphatic heterocycles. The first-order valence-corrected chi connectivity index (χ1v) is 11.0. The van der Waals surface area contributed by atoms with Crippen LogP contribution in [0.3, 0.4) is 0 Å². The zero-order chi connectivity index (χ0) is 22.5. The number of hydrogen-bond donors (Lipinski definition) is 4. The first-order valence-electron chi connectivity index (χ1n) is 11.0. The number of anilines is 1. The van der Waals surface area contributed by atoms with Crippen molar-refractivity contribution in [3.63, 3.8) is 0 Å². The van der Waals surface area contributed by atoms with Crippen molar-refractivity contribution in [1.82, 2.24) is 14.6 Å². The van der Waals surface area contributed by atoms with E-state index in [9.17, 15) is 10.2 Å². The van der Waals surface area contributed by atoms with E-state index < -0.39 is 24.5 Å². The molecule has 0 saturated carbocycles. The summed E-state index contributed by atoms with van der Waals surface area (Å²) in [5.74, 6) is 0.719. The number of aliphatic imine (C=N–C) groups is 1. The molecule has 0 spiro atoms. The number of aliphatic hydroxyl groups is 2. The van der Waals surface area contributed by atoms with Crippen molar-refractivity contribution in [1.29, 1.82) is 0 Å². The van der Waals surface area contributed by atoms with E-state index >= 15 is 0 Å². The fourth-order valence-electron chi connectivity index (χ4n) is 4.70. The van der Waals surface area contributed by atoms with Crippen LogP contribution in [0.25, 0.3) is 22.0 Å². The van der Waals surface area contributed by atoms with Crippen LogP contribution in [-0.2, 0) is 11.3 Å². The van der Waals surface area contributed by atoms with Gasteiger partial charge < -0.3 is 24.5 Å². The second-order valence-electron chi connectivity index (χ2n) is 8.56. The number of ether oxygens (including phenoxy) is 1. The molecule has 0 aliphatic carbocycles. The Kier molecular flexibility index (Phi) is 4.72. The quantitative estimate of drug-likeness (QED) is 0.385. The number of fused-ring (bicyclic) bond motifs is 2. The van der Waals surface area contributed by atoms with Gasteiger partial charge in [-0.1, -0.05) is 48.5 Å². The fourth-order valence-corrected chi connectivity index (χ4v) is 4.70. The van der Waals surface area contributed by atoms with Crippen molar-refractivity contribution in [2.45, 2.75) is 38.0 Å². The number of nitrogens with one attached hydrogen (secondary N) is 2. The Hall–Kier alpha value is -3.59. The third-order valence-corrected chi connectivity index (χ3v) is 6.45. The Labute approximate surface area is 190 Å². The van der Waals surface area contributed by atoms with Crippen LogP contribution < -0.4 is 5.43 Å². The highest BCUT2D eigenvalue weighted by atomic mass is 16.6. The molecular formula is C25H25N5O3. The third kappa shape index (κ3) is 3.31. The average Bonchev–Trinajstić information content (AvgIpc) is 3.50. The van der Waals surface area contributed by atoms with Crippen molar-refractivity contribution >= 4 is 28.7 Å². The molecule has 0 amide bonds. The SMILES string of the molecule is C[C@H]1O[C@@H](n2cc(-c3ccccc3)c3c2N=CN(Nc2c[nH]c4ccccc24)C3)[C@H](O)[C@@H]1O. The summed E-state index contributed by atoms with van der Waals surface area (Å²) in [5, 5.41) is 23.9. The molecule has 0 radical (unpaired) electrons. The highest BCUT2D eigenvalue weighted by Crippen LogP contribution is 2.41. The van der Waals surface area contributed by atoms with Gasteiger partial charge in [-0.3, -0.25) is 10.4 Å². The third-order valence-electron chi connectivity index (χ3n) is 6.45. The summed E-state index contributed by atoms with van der Waals surface area (Å²) in [6, 6.07) is 18.2. The molecular weight excluding hydrogens is 418 g/mol. The second kappa shape index (κ2) is 7.77. The Morgan fingerprint density at radius 2 is 1.85 bits per heavy atom. The van der Waals surface area contributed by atoms with E-state index in [0.717, 1.165) is 39.1 Å². The standard InChI is InChI=1S/C25H25N5O3/c1-15-22(31)23(32)25(33-15)30-13-18(16-7-3-2-4-8-16)19-12-29(14-27-24(19)30)28-21-11-26-20-10-6-5-9-17(20)21/h2-11,13-15,22-23,25-26,28,31-32H,12H2,1H3/t15-,22-,23-,25-/m1/s1. The molecule has 4 atom stereocenters. The zero-order valence-corrected chi connectivity index (χ0v) is 18.1. The molecule has 0 bridgehead atoms. The normalized spacial score (nSPS) is 24.4. The highest BCUT2D eigenvalue weighted by molar-refractivity contribution is 5.92. The number of hydrazine groups is 1. The summed E-state index contributed by atoms with van der Waals surface area (Å²) in [7, 11) is 0. The first-order chi connectivity index (χ1) is 16.1. The van der Waals surface area contributed by atoms with Gasteiger partial charge in [0, 0.05) is 34.4 Å².